The summed E-state index contributed by atoms with van der Waals surface area (Å²) < 4.78 is 5.02. The summed E-state index contributed by atoms with van der Waals surface area (Å²) in [6.45, 7) is 0. The molecule has 13 heavy (non-hydrogen) atoms. The quantitative estimate of drug-likeness (QED) is 0.560. The van der Waals surface area contributed by atoms with E-state index in [4.69, 9.17) is 10.5 Å². The minimum Gasteiger partial charge on any atom is -0.496 e. The molecule has 0 aliphatic heterocycles. The lowest BCUT2D eigenvalue weighted by atomic mass is 10.1. The smallest absolute Gasteiger partial charge is 0.190 e. The van der Waals surface area contributed by atoms with E-state index in [2.05, 4.69) is 0 Å². The van der Waals surface area contributed by atoms with E-state index in [1.54, 1.807) is 18.2 Å². The minimum absolute atomic E-state index is 0.153. The van der Waals surface area contributed by atoms with Crippen molar-refractivity contribution in [3.63, 3.8) is 0 Å². The lowest BCUT2D eigenvalue weighted by Gasteiger charge is -2.03. The number of methoxy groups -OCH3 is 1. The Bertz CT molecular complexity index is 331. The van der Waals surface area contributed by atoms with Crippen molar-refractivity contribution in [3.05, 3.63) is 42.1 Å². The first-order valence-electron chi connectivity index (χ1n) is 3.85. The topological polar surface area (TPSA) is 52.3 Å². The molecule has 1 rings (SSSR count). The van der Waals surface area contributed by atoms with Gasteiger partial charge in [0, 0.05) is 6.08 Å². The van der Waals surface area contributed by atoms with Crippen molar-refractivity contribution in [2.24, 2.45) is 5.73 Å². The van der Waals surface area contributed by atoms with E-state index in [0.29, 0.717) is 11.3 Å². The number of ether oxygens (including phenoxy) is 1. The molecule has 0 aromatic heterocycles. The maximum Gasteiger partial charge on any atom is 0.190 e. The van der Waals surface area contributed by atoms with Gasteiger partial charge in [0.05, 0.1) is 12.7 Å². The van der Waals surface area contributed by atoms with Gasteiger partial charge in [-0.1, -0.05) is 12.1 Å². The Labute approximate surface area is 76.8 Å². The zero-order chi connectivity index (χ0) is 9.68. The van der Waals surface area contributed by atoms with Crippen molar-refractivity contribution in [2.75, 3.05) is 7.11 Å². The molecule has 0 saturated carbocycles. The number of benzene rings is 1. The van der Waals surface area contributed by atoms with Crippen LogP contribution in [-0.2, 0) is 0 Å². The third-order valence-corrected chi connectivity index (χ3v) is 1.62. The molecule has 0 amide bonds. The molecule has 3 nitrogen and oxygen atoms in total. The molecule has 3 heteroatoms. The molecule has 0 fully saturated rings. The van der Waals surface area contributed by atoms with Gasteiger partial charge in [-0.15, -0.1) is 0 Å². The third-order valence-electron chi connectivity index (χ3n) is 1.62. The van der Waals surface area contributed by atoms with Crippen molar-refractivity contribution in [3.8, 4) is 5.75 Å². The van der Waals surface area contributed by atoms with E-state index in [0.717, 1.165) is 0 Å². The minimum atomic E-state index is -0.153. The molecular formula is C10H11NO2. The molecule has 0 heterocycles. The predicted octanol–water partition coefficient (Wildman–Crippen LogP) is 1.35. The van der Waals surface area contributed by atoms with Crippen LogP contribution in [0.2, 0.25) is 0 Å². The highest BCUT2D eigenvalue weighted by molar-refractivity contribution is 6.06. The molecule has 0 atom stereocenters. The van der Waals surface area contributed by atoms with Gasteiger partial charge >= 0.3 is 0 Å². The van der Waals surface area contributed by atoms with Gasteiger partial charge in [0.25, 0.3) is 0 Å². The van der Waals surface area contributed by atoms with Crippen LogP contribution in [0.15, 0.2) is 36.5 Å². The van der Waals surface area contributed by atoms with Crippen LogP contribution in [-0.4, -0.2) is 12.9 Å². The maximum atomic E-state index is 11.4. The molecule has 0 bridgehead atoms. The fourth-order valence-electron chi connectivity index (χ4n) is 1.03. The molecule has 2 N–H and O–H groups in total. The number of hydrogen-bond acceptors (Lipinski definition) is 3. The second-order valence-corrected chi connectivity index (χ2v) is 2.42. The zero-order valence-electron chi connectivity index (χ0n) is 7.36. The summed E-state index contributed by atoms with van der Waals surface area (Å²) in [7, 11) is 1.53. The van der Waals surface area contributed by atoms with Gasteiger partial charge in [0.1, 0.15) is 5.75 Å². The van der Waals surface area contributed by atoms with Crippen molar-refractivity contribution < 1.29 is 9.53 Å². The average molecular weight is 177 g/mol. The molecule has 1 aromatic rings. The van der Waals surface area contributed by atoms with Gasteiger partial charge in [0.15, 0.2) is 5.78 Å². The molecule has 0 saturated heterocycles. The van der Waals surface area contributed by atoms with E-state index in [1.165, 1.54) is 19.4 Å². The van der Waals surface area contributed by atoms with Crippen molar-refractivity contribution >= 4 is 5.78 Å². The fraction of sp³-hybridized carbons (Fsp3) is 0.100. The number of nitrogens with two attached hydrogens (primary N) is 1. The Kier molecular flexibility index (Phi) is 3.09. The summed E-state index contributed by atoms with van der Waals surface area (Å²) in [6, 6.07) is 7.01. The van der Waals surface area contributed by atoms with E-state index < -0.39 is 0 Å². The monoisotopic (exact) mass is 177 g/mol. The molecule has 0 radical (unpaired) electrons. The van der Waals surface area contributed by atoms with Crippen molar-refractivity contribution in [1.82, 2.24) is 0 Å². The summed E-state index contributed by atoms with van der Waals surface area (Å²) in [5.41, 5.74) is 5.64. The highest BCUT2D eigenvalue weighted by Gasteiger charge is 2.07. The lowest BCUT2D eigenvalue weighted by Crippen LogP contribution is -1.99. The number of carbonyl (C=O) groups is 1. The largest absolute Gasteiger partial charge is 0.496 e. The normalized spacial score (nSPS) is 10.2. The van der Waals surface area contributed by atoms with E-state index in [-0.39, 0.29) is 5.78 Å². The van der Waals surface area contributed by atoms with E-state index in [9.17, 15) is 4.79 Å². The summed E-state index contributed by atoms with van der Waals surface area (Å²) in [5.74, 6) is 0.408. The third kappa shape index (κ3) is 2.08. The number of allylic oxidation sites excluding steroid dienone is 1. The maximum absolute atomic E-state index is 11.4. The van der Waals surface area contributed by atoms with E-state index in [1.807, 2.05) is 6.07 Å². The van der Waals surface area contributed by atoms with Crippen LogP contribution in [0.1, 0.15) is 10.4 Å². The van der Waals surface area contributed by atoms with Crippen LogP contribution in [0.3, 0.4) is 0 Å². The van der Waals surface area contributed by atoms with Crippen LogP contribution < -0.4 is 10.5 Å². The van der Waals surface area contributed by atoms with Gasteiger partial charge in [-0.2, -0.15) is 0 Å². The molecule has 1 aromatic carbocycles. The number of ketones is 1. The van der Waals surface area contributed by atoms with Crippen molar-refractivity contribution in [2.45, 2.75) is 0 Å². The molecular weight excluding hydrogens is 166 g/mol. The Morgan fingerprint density at radius 3 is 2.77 bits per heavy atom. The second kappa shape index (κ2) is 4.30. The van der Waals surface area contributed by atoms with Gasteiger partial charge in [-0.25, -0.2) is 0 Å². The van der Waals surface area contributed by atoms with Crippen LogP contribution >= 0.6 is 0 Å². The SMILES string of the molecule is COc1ccccc1C(=O)C=CN. The Balaban J connectivity index is 3.05. The Morgan fingerprint density at radius 2 is 2.15 bits per heavy atom. The zero-order valence-corrected chi connectivity index (χ0v) is 7.36. The highest BCUT2D eigenvalue weighted by Crippen LogP contribution is 2.17. The first-order valence-corrected chi connectivity index (χ1v) is 3.85. The summed E-state index contributed by atoms with van der Waals surface area (Å²) in [6.07, 6.45) is 2.52. The number of para-hydroxylation sites is 1. The Hall–Kier alpha value is -1.77. The second-order valence-electron chi connectivity index (χ2n) is 2.42. The first-order chi connectivity index (χ1) is 6.29. The lowest BCUT2D eigenvalue weighted by molar-refractivity contribution is 0.104. The molecule has 0 aliphatic carbocycles. The van der Waals surface area contributed by atoms with Crippen LogP contribution in [0, 0.1) is 0 Å². The Morgan fingerprint density at radius 1 is 1.46 bits per heavy atom. The van der Waals surface area contributed by atoms with Gasteiger partial charge in [0.2, 0.25) is 0 Å². The molecule has 0 spiro atoms. The predicted molar refractivity (Wildman–Crippen MR) is 50.7 cm³/mol. The van der Waals surface area contributed by atoms with Crippen LogP contribution in [0.5, 0.6) is 5.75 Å². The summed E-state index contributed by atoms with van der Waals surface area (Å²) >= 11 is 0. The summed E-state index contributed by atoms with van der Waals surface area (Å²) in [5, 5.41) is 0. The van der Waals surface area contributed by atoms with Gasteiger partial charge in [-0.3, -0.25) is 4.79 Å². The molecule has 0 aliphatic rings. The average Bonchev–Trinajstić information content (AvgIpc) is 2.18. The van der Waals surface area contributed by atoms with Crippen molar-refractivity contribution in [1.29, 1.82) is 0 Å². The van der Waals surface area contributed by atoms with Crippen LogP contribution in [0.4, 0.5) is 0 Å². The number of hydrogen-bond donors (Lipinski definition) is 1. The van der Waals surface area contributed by atoms with Crippen LogP contribution in [0.25, 0.3) is 0 Å². The fourth-order valence-corrected chi connectivity index (χ4v) is 1.03. The van der Waals surface area contributed by atoms with Gasteiger partial charge in [-0.05, 0) is 18.3 Å². The molecule has 68 valence electrons. The van der Waals surface area contributed by atoms with E-state index >= 15 is 0 Å². The summed E-state index contributed by atoms with van der Waals surface area (Å²) in [4.78, 5) is 11.4. The first kappa shape index (κ1) is 9.32. The number of rotatable bonds is 3. The highest BCUT2D eigenvalue weighted by atomic mass is 16.5. The standard InChI is InChI=1S/C10H11NO2/c1-13-10-5-3-2-4-8(10)9(12)6-7-11/h2-7H,11H2,1H3. The van der Waals surface area contributed by atoms with Gasteiger partial charge < -0.3 is 10.5 Å². The molecule has 0 unspecified atom stereocenters. The number of carbonyl (C=O) groups excluding carboxylic acids is 1.